The minimum absolute atomic E-state index is 0.236. The lowest BCUT2D eigenvalue weighted by atomic mass is 10.4. The van der Waals surface area contributed by atoms with Gasteiger partial charge in [0.1, 0.15) is 7.14 Å². The maximum Gasteiger partial charge on any atom is 0.518 e. The largest absolute Gasteiger partial charge is 0.518 e. The quantitative estimate of drug-likeness (QED) is 0.671. The monoisotopic (exact) mass is 209 g/mol. The van der Waals surface area contributed by atoms with Gasteiger partial charge in [0.25, 0.3) is 0 Å². The lowest BCUT2D eigenvalue weighted by Gasteiger charge is -2.08. The summed E-state index contributed by atoms with van der Waals surface area (Å²) in [5.41, 5.74) is 0. The molecule has 0 aromatic carbocycles. The van der Waals surface area contributed by atoms with Crippen LogP contribution in [0.5, 0.6) is 0 Å². The predicted octanol–water partition coefficient (Wildman–Crippen LogP) is 2.88. The summed E-state index contributed by atoms with van der Waals surface area (Å²) in [6.07, 6.45) is 3.57. The van der Waals surface area contributed by atoms with E-state index >= 15 is 0 Å². The number of hydrogen-bond acceptors (Lipinski definition) is 3. The van der Waals surface area contributed by atoms with Gasteiger partial charge in [-0.05, 0) is 24.3 Å². The zero-order valence-corrected chi connectivity index (χ0v) is 9.31. The van der Waals surface area contributed by atoms with Gasteiger partial charge in [-0.3, -0.25) is 0 Å². The molecule has 5 heteroatoms. The van der Waals surface area contributed by atoms with E-state index in [-0.39, 0.29) is 5.40 Å². The molecule has 1 saturated heterocycles. The van der Waals surface area contributed by atoms with Gasteiger partial charge in [0.15, 0.2) is 0 Å². The zero-order chi connectivity index (χ0) is 9.19. The van der Waals surface area contributed by atoms with Crippen LogP contribution in [-0.4, -0.2) is 24.8 Å². The van der Waals surface area contributed by atoms with Crippen molar-refractivity contribution in [1.82, 2.24) is 0 Å². The highest BCUT2D eigenvalue weighted by Crippen LogP contribution is 2.63. The Morgan fingerprint density at radius 2 is 1.92 bits per heavy atom. The van der Waals surface area contributed by atoms with Gasteiger partial charge >= 0.3 is 8.03 Å². The molecule has 0 amide bonds. The van der Waals surface area contributed by atoms with Crippen molar-refractivity contribution in [2.24, 2.45) is 0 Å². The second-order valence-electron chi connectivity index (χ2n) is 3.21. The molecule has 3 nitrogen and oxygen atoms in total. The van der Waals surface area contributed by atoms with Crippen molar-refractivity contribution in [2.75, 3.05) is 19.4 Å². The van der Waals surface area contributed by atoms with Crippen molar-refractivity contribution in [1.29, 1.82) is 0 Å². The van der Waals surface area contributed by atoms with E-state index in [1.54, 1.807) is 6.92 Å². The average molecular weight is 209 g/mol. The van der Waals surface area contributed by atoms with Crippen LogP contribution in [0.2, 0.25) is 0 Å². The van der Waals surface area contributed by atoms with Crippen LogP contribution in [0.15, 0.2) is 0 Å². The fraction of sp³-hybridized carbons (Fsp3) is 1.00. The Labute approximate surface area is 74.1 Å². The summed E-state index contributed by atoms with van der Waals surface area (Å²) in [7, 11) is -2.44. The van der Waals surface area contributed by atoms with Gasteiger partial charge in [-0.2, -0.15) is 0 Å². The third kappa shape index (κ3) is 1.96. The summed E-state index contributed by atoms with van der Waals surface area (Å²) < 4.78 is 28.0. The SMILES string of the molecule is CO[P+](=O)C(C)P1(=O)CCCC1. The molecule has 0 spiro atoms. The first kappa shape index (κ1) is 10.4. The van der Waals surface area contributed by atoms with Gasteiger partial charge in [-0.1, -0.05) is 0 Å². The van der Waals surface area contributed by atoms with Gasteiger partial charge in [0, 0.05) is 12.3 Å². The minimum atomic E-state index is -2.14. The zero-order valence-electron chi connectivity index (χ0n) is 7.52. The molecule has 2 atom stereocenters. The Hall–Kier alpha value is 0.290. The summed E-state index contributed by atoms with van der Waals surface area (Å²) in [5, 5.41) is -0.236. The molecule has 0 N–H and O–H groups in total. The number of rotatable bonds is 3. The molecule has 0 saturated carbocycles. The van der Waals surface area contributed by atoms with Gasteiger partial charge in [-0.25, -0.2) is 0 Å². The molecule has 1 rings (SSSR count). The summed E-state index contributed by atoms with van der Waals surface area (Å²) in [5.74, 6) is 0. The highest BCUT2D eigenvalue weighted by molar-refractivity contribution is 7.74. The molecule has 1 fully saturated rings. The van der Waals surface area contributed by atoms with Crippen molar-refractivity contribution in [3.63, 3.8) is 0 Å². The highest BCUT2D eigenvalue weighted by atomic mass is 31.2. The maximum absolute atomic E-state index is 12.0. The molecule has 2 unspecified atom stereocenters. The van der Waals surface area contributed by atoms with Crippen LogP contribution < -0.4 is 0 Å². The van der Waals surface area contributed by atoms with Gasteiger partial charge in [0.2, 0.25) is 5.40 Å². The number of hydrogen-bond donors (Lipinski definition) is 0. The van der Waals surface area contributed by atoms with E-state index in [1.165, 1.54) is 7.11 Å². The third-order valence-electron chi connectivity index (χ3n) is 2.49. The standard InChI is InChI=1S/C7H15O3P2/c1-7(11(8)10-2)12(9)5-3-4-6-12/h7H,3-6H2,1-2H3/q+1. The second-order valence-corrected chi connectivity index (χ2v) is 8.90. The Morgan fingerprint density at radius 1 is 1.42 bits per heavy atom. The molecule has 0 radical (unpaired) electrons. The van der Waals surface area contributed by atoms with Crippen LogP contribution >= 0.6 is 15.2 Å². The average Bonchev–Trinajstić information content (AvgIpc) is 2.50. The molecule has 1 aliphatic rings. The normalized spacial score (nSPS) is 25.3. The lowest BCUT2D eigenvalue weighted by Crippen LogP contribution is -2.00. The first-order valence-electron chi connectivity index (χ1n) is 4.18. The van der Waals surface area contributed by atoms with Crippen LogP contribution in [-0.2, 0) is 13.7 Å². The maximum atomic E-state index is 12.0. The van der Waals surface area contributed by atoms with Crippen molar-refractivity contribution in [3.05, 3.63) is 0 Å². The third-order valence-corrected chi connectivity index (χ3v) is 8.80. The summed E-state index contributed by atoms with van der Waals surface area (Å²) in [4.78, 5) is 0. The first-order chi connectivity index (χ1) is 5.60. The molecular weight excluding hydrogens is 194 g/mol. The van der Waals surface area contributed by atoms with Gasteiger partial charge in [-0.15, -0.1) is 4.52 Å². The van der Waals surface area contributed by atoms with Crippen LogP contribution in [0, 0.1) is 0 Å². The molecule has 0 aliphatic carbocycles. The molecule has 1 aliphatic heterocycles. The molecule has 0 aromatic rings. The molecule has 12 heavy (non-hydrogen) atoms. The highest BCUT2D eigenvalue weighted by Gasteiger charge is 2.45. The summed E-state index contributed by atoms with van der Waals surface area (Å²) >= 11 is 0. The van der Waals surface area contributed by atoms with Crippen molar-refractivity contribution < 1.29 is 13.7 Å². The van der Waals surface area contributed by atoms with Gasteiger partial charge in [0.05, 0.1) is 7.11 Å². The lowest BCUT2D eigenvalue weighted by molar-refractivity contribution is 0.412. The van der Waals surface area contributed by atoms with Crippen molar-refractivity contribution in [3.8, 4) is 0 Å². The Morgan fingerprint density at radius 3 is 2.33 bits per heavy atom. The van der Waals surface area contributed by atoms with Crippen molar-refractivity contribution >= 4 is 15.2 Å². The van der Waals surface area contributed by atoms with E-state index in [0.29, 0.717) is 0 Å². The molecule has 1 heterocycles. The Bertz CT molecular complexity index is 217. The first-order valence-corrected chi connectivity index (χ1v) is 7.58. The van der Waals surface area contributed by atoms with Crippen LogP contribution in [0.1, 0.15) is 19.8 Å². The minimum Gasteiger partial charge on any atom is -0.319 e. The van der Waals surface area contributed by atoms with Crippen LogP contribution in [0.3, 0.4) is 0 Å². The molecule has 0 aromatic heterocycles. The predicted molar refractivity (Wildman–Crippen MR) is 50.7 cm³/mol. The second kappa shape index (κ2) is 4.00. The van der Waals surface area contributed by atoms with E-state index in [9.17, 15) is 9.13 Å². The molecule has 0 bridgehead atoms. The summed E-state index contributed by atoms with van der Waals surface area (Å²) in [6, 6.07) is 0. The van der Waals surface area contributed by atoms with E-state index < -0.39 is 15.2 Å². The van der Waals surface area contributed by atoms with E-state index in [1.807, 2.05) is 0 Å². The summed E-state index contributed by atoms with van der Waals surface area (Å²) in [6.45, 7) is 1.79. The van der Waals surface area contributed by atoms with Crippen LogP contribution in [0.25, 0.3) is 0 Å². The fourth-order valence-electron chi connectivity index (χ4n) is 1.57. The topological polar surface area (TPSA) is 43.4 Å². The van der Waals surface area contributed by atoms with Crippen LogP contribution in [0.4, 0.5) is 0 Å². The van der Waals surface area contributed by atoms with E-state index in [4.69, 9.17) is 4.52 Å². The Kier molecular flexibility index (Phi) is 3.46. The van der Waals surface area contributed by atoms with E-state index in [2.05, 4.69) is 0 Å². The van der Waals surface area contributed by atoms with Gasteiger partial charge < -0.3 is 4.57 Å². The molecule has 70 valence electrons. The molecular formula is C7H15O3P2+. The smallest absolute Gasteiger partial charge is 0.319 e. The van der Waals surface area contributed by atoms with Crippen molar-refractivity contribution in [2.45, 2.75) is 25.2 Å². The van der Waals surface area contributed by atoms with E-state index in [0.717, 1.165) is 25.2 Å². The Balaban J connectivity index is 2.68. The fourth-order valence-corrected chi connectivity index (χ4v) is 6.71.